The average Bonchev–Trinajstić information content (AvgIpc) is 3.18. The summed E-state index contributed by atoms with van der Waals surface area (Å²) in [5, 5.41) is 174. The van der Waals surface area contributed by atoms with Gasteiger partial charge in [0, 0.05) is 0 Å². The molecule has 0 spiro atoms. The van der Waals surface area contributed by atoms with Crippen LogP contribution in [0.2, 0.25) is 0 Å². The van der Waals surface area contributed by atoms with Crippen LogP contribution < -0.4 is 0 Å². The monoisotopic (exact) mass is 828 g/mol. The minimum absolute atomic E-state index is 0.675. The average molecular weight is 829 g/mol. The van der Waals surface area contributed by atoms with Gasteiger partial charge < -0.3 is 129 Å². The van der Waals surface area contributed by atoms with E-state index < -0.39 is 187 Å². The molecular formula is C30H52O26. The topological polar surface area (TPSA) is 427 Å². The molecule has 328 valence electrons. The molecule has 5 heterocycles. The molecule has 5 aliphatic rings. The SMILES string of the molecule is OCC1OC(OCC2OC(OCC3OC(OCC4OC(OC5C(CO)OC(O)C(O)C5O)C(O)C(O)C4O)C(O)C(O)C3O)C(O)C(O)C2O)C(O)C(O)C1O. The third-order valence-electron chi connectivity index (χ3n) is 10.3. The van der Waals surface area contributed by atoms with Crippen LogP contribution in [0, 0.1) is 0 Å². The Morgan fingerprint density at radius 2 is 0.625 bits per heavy atom. The maximum Gasteiger partial charge on any atom is 0.187 e. The van der Waals surface area contributed by atoms with Crippen LogP contribution in [0.4, 0.5) is 0 Å². The Morgan fingerprint density at radius 1 is 0.304 bits per heavy atom. The number of ether oxygens (including phenoxy) is 9. The first-order chi connectivity index (χ1) is 26.4. The molecule has 26 nitrogen and oxygen atoms in total. The lowest BCUT2D eigenvalue weighted by molar-refractivity contribution is -0.364. The molecule has 56 heavy (non-hydrogen) atoms. The maximum atomic E-state index is 10.6. The summed E-state index contributed by atoms with van der Waals surface area (Å²) < 4.78 is 48.6. The highest BCUT2D eigenvalue weighted by molar-refractivity contribution is 4.96. The first-order valence-corrected chi connectivity index (χ1v) is 17.6. The zero-order chi connectivity index (χ0) is 41.3. The predicted molar refractivity (Wildman–Crippen MR) is 167 cm³/mol. The molecule has 0 aliphatic carbocycles. The lowest BCUT2D eigenvalue weighted by atomic mass is 9.97. The summed E-state index contributed by atoms with van der Waals surface area (Å²) in [4.78, 5) is 0. The normalized spacial score (nSPS) is 53.2. The highest BCUT2D eigenvalue weighted by Crippen LogP contribution is 2.31. The highest BCUT2D eigenvalue weighted by Gasteiger charge is 2.52. The Hall–Kier alpha value is -1.04. The van der Waals surface area contributed by atoms with Gasteiger partial charge in [-0.15, -0.1) is 0 Å². The van der Waals surface area contributed by atoms with E-state index >= 15 is 0 Å². The standard InChI is InChI=1S/C30H52O26/c31-1-6-11(33)15(37)21(43)27(52-6)48-3-8-12(34)16(38)22(44)28(53-8)49-4-9-13(35)17(39)23(45)29(54-9)50-5-10-14(36)18(40)24(46)30(55-10)56-25-7(2-32)51-26(47)20(42)19(25)41/h6-47H,1-5H2. The zero-order valence-corrected chi connectivity index (χ0v) is 29.2. The van der Waals surface area contributed by atoms with Crippen LogP contribution in [0.3, 0.4) is 0 Å². The lowest BCUT2D eigenvalue weighted by Crippen LogP contribution is -2.65. The summed E-state index contributed by atoms with van der Waals surface area (Å²) in [6, 6.07) is 0. The summed E-state index contributed by atoms with van der Waals surface area (Å²) in [6.45, 7) is -3.80. The van der Waals surface area contributed by atoms with E-state index in [1.165, 1.54) is 0 Å². The predicted octanol–water partition coefficient (Wildman–Crippen LogP) is -11.9. The van der Waals surface area contributed by atoms with Crippen molar-refractivity contribution in [3.05, 3.63) is 0 Å². The Labute approximate surface area is 316 Å². The van der Waals surface area contributed by atoms with Crippen molar-refractivity contribution in [3.63, 3.8) is 0 Å². The van der Waals surface area contributed by atoms with Crippen molar-refractivity contribution in [3.8, 4) is 0 Å². The molecule has 26 heteroatoms. The molecule has 0 amide bonds. The summed E-state index contributed by atoms with van der Waals surface area (Å²) in [6.07, 6.45) is -44.5. The number of rotatable bonds is 13. The number of hydrogen-bond acceptors (Lipinski definition) is 26. The van der Waals surface area contributed by atoms with Crippen LogP contribution in [-0.4, -0.2) is 273 Å². The summed E-state index contributed by atoms with van der Waals surface area (Å²) >= 11 is 0. The van der Waals surface area contributed by atoms with Crippen LogP contribution in [0.15, 0.2) is 0 Å². The maximum absolute atomic E-state index is 10.6. The largest absolute Gasteiger partial charge is 0.394 e. The second-order valence-corrected chi connectivity index (χ2v) is 14.1. The van der Waals surface area contributed by atoms with E-state index in [2.05, 4.69) is 0 Å². The summed E-state index contributed by atoms with van der Waals surface area (Å²) in [5.41, 5.74) is 0. The van der Waals surface area contributed by atoms with Gasteiger partial charge in [0.1, 0.15) is 122 Å². The Balaban J connectivity index is 1.17. The van der Waals surface area contributed by atoms with Gasteiger partial charge in [-0.2, -0.15) is 0 Å². The molecule has 5 aliphatic heterocycles. The third kappa shape index (κ3) is 9.61. The van der Waals surface area contributed by atoms with Crippen molar-refractivity contribution in [1.82, 2.24) is 0 Å². The van der Waals surface area contributed by atoms with Crippen molar-refractivity contribution in [2.75, 3.05) is 33.0 Å². The van der Waals surface area contributed by atoms with E-state index in [9.17, 15) is 86.8 Å². The molecule has 5 fully saturated rings. The van der Waals surface area contributed by atoms with Gasteiger partial charge >= 0.3 is 0 Å². The molecule has 0 radical (unpaired) electrons. The van der Waals surface area contributed by atoms with E-state index in [4.69, 9.17) is 42.6 Å². The van der Waals surface area contributed by atoms with Gasteiger partial charge in [0.05, 0.1) is 33.0 Å². The van der Waals surface area contributed by atoms with E-state index in [-0.39, 0.29) is 0 Å². The fourth-order valence-corrected chi connectivity index (χ4v) is 6.71. The quantitative estimate of drug-likeness (QED) is 0.0819. The molecule has 17 N–H and O–H groups in total. The first kappa shape index (κ1) is 46.0. The lowest BCUT2D eigenvalue weighted by Gasteiger charge is -2.46. The van der Waals surface area contributed by atoms with Crippen LogP contribution >= 0.6 is 0 Å². The van der Waals surface area contributed by atoms with E-state index in [1.54, 1.807) is 0 Å². The fraction of sp³-hybridized carbons (Fsp3) is 1.00. The van der Waals surface area contributed by atoms with Crippen molar-refractivity contribution >= 4 is 0 Å². The van der Waals surface area contributed by atoms with Gasteiger partial charge in [0.15, 0.2) is 31.5 Å². The molecule has 0 saturated carbocycles. The fourth-order valence-electron chi connectivity index (χ4n) is 6.71. The summed E-state index contributed by atoms with van der Waals surface area (Å²) in [7, 11) is 0. The van der Waals surface area contributed by atoms with Gasteiger partial charge in [-0.1, -0.05) is 0 Å². The molecule has 25 atom stereocenters. The van der Waals surface area contributed by atoms with Crippen LogP contribution in [0.25, 0.3) is 0 Å². The third-order valence-corrected chi connectivity index (χ3v) is 10.3. The Bertz CT molecular complexity index is 1200. The van der Waals surface area contributed by atoms with Gasteiger partial charge in [-0.3, -0.25) is 0 Å². The van der Waals surface area contributed by atoms with Crippen molar-refractivity contribution in [2.45, 2.75) is 154 Å². The van der Waals surface area contributed by atoms with Crippen molar-refractivity contribution in [1.29, 1.82) is 0 Å². The molecule has 0 aromatic heterocycles. The second kappa shape index (κ2) is 19.6. The molecule has 5 rings (SSSR count). The van der Waals surface area contributed by atoms with Gasteiger partial charge in [0.25, 0.3) is 0 Å². The van der Waals surface area contributed by atoms with E-state index in [0.717, 1.165) is 0 Å². The van der Waals surface area contributed by atoms with Crippen LogP contribution in [-0.2, 0) is 42.6 Å². The Morgan fingerprint density at radius 3 is 1.00 bits per heavy atom. The van der Waals surface area contributed by atoms with Gasteiger partial charge in [0.2, 0.25) is 0 Å². The molecule has 0 aromatic carbocycles. The smallest absolute Gasteiger partial charge is 0.187 e. The first-order valence-electron chi connectivity index (χ1n) is 17.6. The highest BCUT2D eigenvalue weighted by atomic mass is 16.8. The minimum Gasteiger partial charge on any atom is -0.394 e. The number of aliphatic hydroxyl groups is 17. The van der Waals surface area contributed by atoms with Crippen LogP contribution in [0.5, 0.6) is 0 Å². The van der Waals surface area contributed by atoms with Gasteiger partial charge in [-0.25, -0.2) is 0 Å². The number of hydrogen-bond donors (Lipinski definition) is 17. The van der Waals surface area contributed by atoms with E-state index in [0.29, 0.717) is 0 Å². The Kier molecular flexibility index (Phi) is 16.1. The molecular weight excluding hydrogens is 776 g/mol. The molecule has 0 bridgehead atoms. The summed E-state index contributed by atoms with van der Waals surface area (Å²) in [5.74, 6) is 0. The second-order valence-electron chi connectivity index (χ2n) is 14.1. The molecule has 25 unspecified atom stereocenters. The van der Waals surface area contributed by atoms with Crippen molar-refractivity contribution < 1.29 is 129 Å². The van der Waals surface area contributed by atoms with E-state index in [1.807, 2.05) is 0 Å². The molecule has 0 aromatic rings. The molecule has 5 saturated heterocycles. The number of aliphatic hydroxyl groups excluding tert-OH is 17. The van der Waals surface area contributed by atoms with Crippen LogP contribution in [0.1, 0.15) is 0 Å². The minimum atomic E-state index is -1.99. The zero-order valence-electron chi connectivity index (χ0n) is 29.2. The van der Waals surface area contributed by atoms with Crippen molar-refractivity contribution in [2.24, 2.45) is 0 Å². The van der Waals surface area contributed by atoms with Gasteiger partial charge in [-0.05, 0) is 0 Å².